The van der Waals surface area contributed by atoms with E-state index in [4.69, 9.17) is 21.1 Å². The van der Waals surface area contributed by atoms with Crippen molar-refractivity contribution in [2.75, 3.05) is 23.5 Å². The van der Waals surface area contributed by atoms with E-state index in [2.05, 4.69) is 10.6 Å². The zero-order valence-electron chi connectivity index (χ0n) is 25.7. The van der Waals surface area contributed by atoms with Crippen molar-refractivity contribution in [3.05, 3.63) is 135 Å². The van der Waals surface area contributed by atoms with E-state index < -0.39 is 23.9 Å². The summed E-state index contributed by atoms with van der Waals surface area (Å²) in [6, 6.07) is 29.1. The second-order valence-electron chi connectivity index (χ2n) is 10.3. The molecule has 0 radical (unpaired) electrons. The van der Waals surface area contributed by atoms with Gasteiger partial charge >= 0.3 is 5.97 Å². The molecule has 0 saturated carbocycles. The minimum Gasteiger partial charge on any atom is -0.495 e. The lowest BCUT2D eigenvalue weighted by molar-refractivity contribution is -0.125. The maximum atomic E-state index is 13.5. The minimum atomic E-state index is -1.29. The number of carbonyl (C=O) groups is 3. The fraction of sp³-hybridized carbons (Fsp3) is 0.143. The van der Waals surface area contributed by atoms with Crippen LogP contribution in [0.15, 0.2) is 113 Å². The van der Waals surface area contributed by atoms with Gasteiger partial charge in [-0.25, -0.2) is 9.48 Å². The van der Waals surface area contributed by atoms with Crippen molar-refractivity contribution < 1.29 is 23.9 Å². The summed E-state index contributed by atoms with van der Waals surface area (Å²) in [6.45, 7) is 1.75. The van der Waals surface area contributed by atoms with E-state index in [9.17, 15) is 19.2 Å². The maximum absolute atomic E-state index is 13.5. The SMILES string of the molecule is COc1ccc(NC(=O)C(OC(=O)c2ccccc2SCC(=O)Nc2c(C)n(C)n(-c3ccccc3)c2=O)c2ccccc2)cc1Cl. The molecule has 0 aliphatic rings. The number of nitrogens with zero attached hydrogens (tertiary/aromatic N) is 2. The Morgan fingerprint density at radius 1 is 0.894 bits per heavy atom. The Morgan fingerprint density at radius 3 is 2.23 bits per heavy atom. The summed E-state index contributed by atoms with van der Waals surface area (Å²) in [5.41, 5.74) is 2.09. The zero-order valence-corrected chi connectivity index (χ0v) is 27.3. The highest BCUT2D eigenvalue weighted by Crippen LogP contribution is 2.30. The van der Waals surface area contributed by atoms with Crippen LogP contribution in [-0.4, -0.2) is 40.0 Å². The first-order valence-electron chi connectivity index (χ1n) is 14.4. The van der Waals surface area contributed by atoms with Gasteiger partial charge in [-0.05, 0) is 49.4 Å². The second-order valence-corrected chi connectivity index (χ2v) is 11.7. The lowest BCUT2D eigenvalue weighted by atomic mass is 10.1. The highest BCUT2D eigenvalue weighted by molar-refractivity contribution is 8.00. The third kappa shape index (κ3) is 7.59. The molecule has 0 fully saturated rings. The summed E-state index contributed by atoms with van der Waals surface area (Å²) in [5, 5.41) is 5.78. The molecule has 1 atom stereocenters. The van der Waals surface area contributed by atoms with Gasteiger partial charge in [0.05, 0.1) is 34.8 Å². The topological polar surface area (TPSA) is 121 Å². The van der Waals surface area contributed by atoms with Gasteiger partial charge in [0, 0.05) is 23.2 Å². The Hall–Kier alpha value is -5.26. The van der Waals surface area contributed by atoms with Crippen molar-refractivity contribution in [3.8, 4) is 11.4 Å². The average Bonchev–Trinajstić information content (AvgIpc) is 3.29. The molecule has 240 valence electrons. The Bertz CT molecular complexity index is 1980. The number of halogens is 1. The van der Waals surface area contributed by atoms with E-state index in [1.54, 1.807) is 97.5 Å². The van der Waals surface area contributed by atoms with Crippen LogP contribution in [0.5, 0.6) is 5.75 Å². The molecule has 0 spiro atoms. The number of aromatic nitrogens is 2. The van der Waals surface area contributed by atoms with Crippen molar-refractivity contribution in [1.29, 1.82) is 0 Å². The molecule has 0 aliphatic carbocycles. The van der Waals surface area contributed by atoms with Crippen molar-refractivity contribution in [2.24, 2.45) is 7.05 Å². The van der Waals surface area contributed by atoms with Crippen molar-refractivity contribution >= 4 is 52.5 Å². The number of benzene rings is 4. The molecule has 2 N–H and O–H groups in total. The molecule has 0 bridgehead atoms. The number of para-hydroxylation sites is 1. The Balaban J connectivity index is 1.30. The summed E-state index contributed by atoms with van der Waals surface area (Å²) in [7, 11) is 3.23. The molecule has 1 unspecified atom stereocenters. The molecule has 1 heterocycles. The summed E-state index contributed by atoms with van der Waals surface area (Å²) in [5.74, 6) is -1.42. The minimum absolute atomic E-state index is 0.0930. The van der Waals surface area contributed by atoms with E-state index in [1.807, 2.05) is 18.2 Å². The second kappa shape index (κ2) is 14.9. The smallest absolute Gasteiger partial charge is 0.340 e. The van der Waals surface area contributed by atoms with Crippen LogP contribution in [0.1, 0.15) is 27.7 Å². The maximum Gasteiger partial charge on any atom is 0.340 e. The molecule has 2 amide bonds. The lowest BCUT2D eigenvalue weighted by Gasteiger charge is -2.19. The van der Waals surface area contributed by atoms with Gasteiger partial charge in [-0.2, -0.15) is 0 Å². The summed E-state index contributed by atoms with van der Waals surface area (Å²) in [4.78, 5) is 53.7. The molecular formula is C35H31ClN4O6S. The molecule has 5 aromatic rings. The molecule has 12 heteroatoms. The average molecular weight is 671 g/mol. The molecule has 4 aromatic carbocycles. The normalized spacial score (nSPS) is 11.4. The number of ether oxygens (including phenoxy) is 2. The number of thioether (sulfide) groups is 1. The van der Waals surface area contributed by atoms with Crippen LogP contribution in [0.3, 0.4) is 0 Å². The highest BCUT2D eigenvalue weighted by Gasteiger charge is 2.27. The van der Waals surface area contributed by atoms with Gasteiger partial charge in [0.25, 0.3) is 11.5 Å². The third-order valence-electron chi connectivity index (χ3n) is 7.27. The first kappa shape index (κ1) is 33.1. The van der Waals surface area contributed by atoms with Crippen LogP contribution in [0.4, 0.5) is 11.4 Å². The zero-order chi connectivity index (χ0) is 33.5. The summed E-state index contributed by atoms with van der Waals surface area (Å²) >= 11 is 7.33. The number of carbonyl (C=O) groups excluding carboxylic acids is 3. The largest absolute Gasteiger partial charge is 0.495 e. The van der Waals surface area contributed by atoms with Gasteiger partial charge in [0.15, 0.2) is 0 Å². The van der Waals surface area contributed by atoms with Crippen molar-refractivity contribution in [2.45, 2.75) is 17.9 Å². The van der Waals surface area contributed by atoms with Gasteiger partial charge in [-0.3, -0.25) is 19.1 Å². The predicted molar refractivity (Wildman–Crippen MR) is 183 cm³/mol. The summed E-state index contributed by atoms with van der Waals surface area (Å²) < 4.78 is 14.1. The van der Waals surface area contributed by atoms with Crippen LogP contribution in [-0.2, 0) is 21.4 Å². The number of anilines is 2. The molecule has 5 rings (SSSR count). The Kier molecular flexibility index (Phi) is 10.5. The number of amides is 2. The number of rotatable bonds is 11. The van der Waals surface area contributed by atoms with Gasteiger partial charge in [0.2, 0.25) is 12.0 Å². The number of hydrogen-bond donors (Lipinski definition) is 2. The van der Waals surface area contributed by atoms with E-state index in [0.717, 1.165) is 11.8 Å². The number of methoxy groups -OCH3 is 1. The Morgan fingerprint density at radius 2 is 1.55 bits per heavy atom. The quantitative estimate of drug-likeness (QED) is 0.123. The molecule has 10 nitrogen and oxygen atoms in total. The molecule has 47 heavy (non-hydrogen) atoms. The predicted octanol–water partition coefficient (Wildman–Crippen LogP) is 6.41. The first-order valence-corrected chi connectivity index (χ1v) is 15.8. The van der Waals surface area contributed by atoms with Crippen LogP contribution in [0, 0.1) is 6.92 Å². The molecule has 0 aliphatic heterocycles. The van der Waals surface area contributed by atoms with Crippen LogP contribution in [0.2, 0.25) is 5.02 Å². The molecular weight excluding hydrogens is 640 g/mol. The van der Waals surface area contributed by atoms with Crippen molar-refractivity contribution in [3.63, 3.8) is 0 Å². The standard InChI is InChI=1S/C35H31ClN4O6S/c1-22-31(34(43)40(39(22)2)25-14-8-5-9-15-25)38-30(41)21-47-29-17-11-10-16-26(29)35(44)46-32(23-12-6-4-7-13-23)33(42)37-24-18-19-28(45-3)27(36)20-24/h4-20,32H,21H2,1-3H3,(H,37,42)(H,38,41). The highest BCUT2D eigenvalue weighted by atomic mass is 35.5. The number of nitrogens with one attached hydrogen (secondary N) is 2. The van der Waals surface area contributed by atoms with Gasteiger partial charge < -0.3 is 20.1 Å². The molecule has 0 saturated heterocycles. The fourth-order valence-electron chi connectivity index (χ4n) is 4.82. The van der Waals surface area contributed by atoms with E-state index in [-0.39, 0.29) is 22.6 Å². The van der Waals surface area contributed by atoms with E-state index >= 15 is 0 Å². The van der Waals surface area contributed by atoms with E-state index in [0.29, 0.717) is 38.3 Å². The fourth-order valence-corrected chi connectivity index (χ4v) is 5.91. The van der Waals surface area contributed by atoms with Gasteiger partial charge in [-0.15, -0.1) is 11.8 Å². The van der Waals surface area contributed by atoms with Crippen molar-refractivity contribution in [1.82, 2.24) is 9.36 Å². The van der Waals surface area contributed by atoms with Crippen LogP contribution < -0.4 is 20.9 Å². The monoisotopic (exact) mass is 670 g/mol. The summed E-state index contributed by atoms with van der Waals surface area (Å²) in [6.07, 6.45) is -1.29. The van der Waals surface area contributed by atoms with Crippen LogP contribution >= 0.6 is 23.4 Å². The van der Waals surface area contributed by atoms with E-state index in [1.165, 1.54) is 17.9 Å². The van der Waals surface area contributed by atoms with Gasteiger partial charge in [0.1, 0.15) is 11.4 Å². The molecule has 1 aromatic heterocycles. The lowest BCUT2D eigenvalue weighted by Crippen LogP contribution is -2.26. The number of hydrogen-bond acceptors (Lipinski definition) is 7. The van der Waals surface area contributed by atoms with Crippen LogP contribution in [0.25, 0.3) is 5.69 Å². The third-order valence-corrected chi connectivity index (χ3v) is 8.64. The Labute approximate surface area is 280 Å². The number of esters is 1. The first-order chi connectivity index (χ1) is 22.7. The van der Waals surface area contributed by atoms with Gasteiger partial charge in [-0.1, -0.05) is 72.3 Å².